The van der Waals surface area contributed by atoms with Crippen molar-refractivity contribution in [2.24, 2.45) is 5.73 Å². The molecular formula is C16H23NO2. The van der Waals surface area contributed by atoms with Gasteiger partial charge in [0.1, 0.15) is 5.75 Å². The largest absolute Gasteiger partial charge is 0.496 e. The SMILES string of the molecule is CCCCCOCc1cc(C#CCN)ccc1OC. The zero-order valence-corrected chi connectivity index (χ0v) is 11.9. The molecule has 1 aromatic carbocycles. The topological polar surface area (TPSA) is 44.5 Å². The lowest BCUT2D eigenvalue weighted by Crippen LogP contribution is -1.99. The van der Waals surface area contributed by atoms with Crippen LogP contribution in [0, 0.1) is 11.8 Å². The molecule has 0 bridgehead atoms. The van der Waals surface area contributed by atoms with Crippen LogP contribution in [0.5, 0.6) is 5.75 Å². The first kappa shape index (κ1) is 15.6. The van der Waals surface area contributed by atoms with Gasteiger partial charge < -0.3 is 15.2 Å². The minimum absolute atomic E-state index is 0.370. The molecule has 0 amide bonds. The van der Waals surface area contributed by atoms with Gasteiger partial charge in [0, 0.05) is 17.7 Å². The fourth-order valence-corrected chi connectivity index (χ4v) is 1.76. The Kier molecular flexibility index (Phi) is 7.72. The second kappa shape index (κ2) is 9.43. The molecule has 0 saturated heterocycles. The number of nitrogens with two attached hydrogens (primary N) is 1. The molecule has 0 spiro atoms. The summed E-state index contributed by atoms with van der Waals surface area (Å²) in [5.41, 5.74) is 7.35. The molecule has 0 radical (unpaired) electrons. The van der Waals surface area contributed by atoms with Crippen molar-refractivity contribution in [3.05, 3.63) is 29.3 Å². The Balaban J connectivity index is 2.62. The lowest BCUT2D eigenvalue weighted by molar-refractivity contribution is 0.115. The molecule has 0 heterocycles. The van der Waals surface area contributed by atoms with Gasteiger partial charge in [0.25, 0.3) is 0 Å². The first-order chi connectivity index (χ1) is 9.31. The van der Waals surface area contributed by atoms with Crippen molar-refractivity contribution >= 4 is 0 Å². The van der Waals surface area contributed by atoms with E-state index in [0.29, 0.717) is 13.2 Å². The lowest BCUT2D eigenvalue weighted by atomic mass is 10.1. The molecule has 19 heavy (non-hydrogen) atoms. The predicted molar refractivity (Wildman–Crippen MR) is 78.1 cm³/mol. The average Bonchev–Trinajstić information content (AvgIpc) is 2.45. The molecule has 0 aliphatic heterocycles. The summed E-state index contributed by atoms with van der Waals surface area (Å²) in [6.45, 7) is 3.90. The van der Waals surface area contributed by atoms with E-state index in [9.17, 15) is 0 Å². The van der Waals surface area contributed by atoms with Gasteiger partial charge in [-0.05, 0) is 24.6 Å². The van der Waals surface area contributed by atoms with E-state index in [1.165, 1.54) is 12.8 Å². The van der Waals surface area contributed by atoms with Crippen molar-refractivity contribution in [1.29, 1.82) is 0 Å². The highest BCUT2D eigenvalue weighted by Crippen LogP contribution is 2.20. The summed E-state index contributed by atoms with van der Waals surface area (Å²) >= 11 is 0. The van der Waals surface area contributed by atoms with E-state index in [0.717, 1.165) is 29.9 Å². The molecule has 1 rings (SSSR count). The Morgan fingerprint density at radius 2 is 2.11 bits per heavy atom. The van der Waals surface area contributed by atoms with Gasteiger partial charge >= 0.3 is 0 Å². The molecule has 0 saturated carbocycles. The maximum absolute atomic E-state index is 5.67. The van der Waals surface area contributed by atoms with Crippen molar-refractivity contribution in [2.75, 3.05) is 20.3 Å². The normalized spacial score (nSPS) is 9.84. The second-order valence-electron chi connectivity index (χ2n) is 4.29. The molecule has 0 aromatic heterocycles. The average molecular weight is 261 g/mol. The van der Waals surface area contributed by atoms with Crippen molar-refractivity contribution in [2.45, 2.75) is 32.8 Å². The summed E-state index contributed by atoms with van der Waals surface area (Å²) in [4.78, 5) is 0. The minimum Gasteiger partial charge on any atom is -0.496 e. The van der Waals surface area contributed by atoms with Gasteiger partial charge in [0.15, 0.2) is 0 Å². The monoisotopic (exact) mass is 261 g/mol. The first-order valence-electron chi connectivity index (χ1n) is 6.75. The second-order valence-corrected chi connectivity index (χ2v) is 4.29. The van der Waals surface area contributed by atoms with Crippen LogP contribution in [0.4, 0.5) is 0 Å². The van der Waals surface area contributed by atoms with Gasteiger partial charge in [-0.1, -0.05) is 31.6 Å². The fraction of sp³-hybridized carbons (Fsp3) is 0.500. The molecule has 1 aromatic rings. The lowest BCUT2D eigenvalue weighted by Gasteiger charge is -2.09. The van der Waals surface area contributed by atoms with Crippen LogP contribution >= 0.6 is 0 Å². The van der Waals surface area contributed by atoms with Gasteiger partial charge in [0.2, 0.25) is 0 Å². The Labute approximate surface area is 116 Å². The van der Waals surface area contributed by atoms with Crippen LogP contribution in [-0.2, 0) is 11.3 Å². The number of hydrogen-bond acceptors (Lipinski definition) is 3. The van der Waals surface area contributed by atoms with Gasteiger partial charge in [-0.15, -0.1) is 0 Å². The summed E-state index contributed by atoms with van der Waals surface area (Å²) in [5, 5.41) is 0. The van der Waals surface area contributed by atoms with Crippen LogP contribution in [0.25, 0.3) is 0 Å². The van der Waals surface area contributed by atoms with E-state index in [4.69, 9.17) is 15.2 Å². The number of benzene rings is 1. The zero-order valence-electron chi connectivity index (χ0n) is 11.9. The quantitative estimate of drug-likeness (QED) is 0.606. The molecule has 104 valence electrons. The van der Waals surface area contributed by atoms with E-state index in [2.05, 4.69) is 18.8 Å². The van der Waals surface area contributed by atoms with Gasteiger partial charge in [-0.25, -0.2) is 0 Å². The molecule has 0 aliphatic carbocycles. The molecule has 0 aliphatic rings. The summed E-state index contributed by atoms with van der Waals surface area (Å²) in [5.74, 6) is 6.71. The van der Waals surface area contributed by atoms with Crippen LogP contribution < -0.4 is 10.5 Å². The van der Waals surface area contributed by atoms with E-state index < -0.39 is 0 Å². The number of rotatable bonds is 7. The third kappa shape index (κ3) is 5.78. The number of methoxy groups -OCH3 is 1. The van der Waals surface area contributed by atoms with Crippen molar-refractivity contribution in [3.8, 4) is 17.6 Å². The van der Waals surface area contributed by atoms with E-state index >= 15 is 0 Å². The third-order valence-electron chi connectivity index (χ3n) is 2.76. The van der Waals surface area contributed by atoms with Crippen LogP contribution in [-0.4, -0.2) is 20.3 Å². The van der Waals surface area contributed by atoms with Crippen LogP contribution in [0.3, 0.4) is 0 Å². The Morgan fingerprint density at radius 3 is 2.79 bits per heavy atom. The zero-order chi connectivity index (χ0) is 13.9. The summed E-state index contributed by atoms with van der Waals surface area (Å²) < 4.78 is 11.0. The Hall–Kier alpha value is -1.50. The van der Waals surface area contributed by atoms with Gasteiger partial charge in [-0.2, -0.15) is 0 Å². The van der Waals surface area contributed by atoms with E-state index in [-0.39, 0.29) is 0 Å². The minimum atomic E-state index is 0.370. The van der Waals surface area contributed by atoms with Gasteiger partial charge in [-0.3, -0.25) is 0 Å². The summed E-state index contributed by atoms with van der Waals surface area (Å²) in [6, 6.07) is 5.86. The molecule has 3 nitrogen and oxygen atoms in total. The summed E-state index contributed by atoms with van der Waals surface area (Å²) in [7, 11) is 1.67. The predicted octanol–water partition coefficient (Wildman–Crippen LogP) is 2.71. The highest BCUT2D eigenvalue weighted by Gasteiger charge is 2.04. The first-order valence-corrected chi connectivity index (χ1v) is 6.75. The van der Waals surface area contributed by atoms with Crippen LogP contribution in [0.15, 0.2) is 18.2 Å². The summed E-state index contributed by atoms with van der Waals surface area (Å²) in [6.07, 6.45) is 3.52. The number of ether oxygens (including phenoxy) is 2. The molecule has 0 unspecified atom stereocenters. The highest BCUT2D eigenvalue weighted by molar-refractivity contribution is 5.44. The number of hydrogen-bond donors (Lipinski definition) is 1. The standard InChI is InChI=1S/C16H23NO2/c1-3-4-5-11-19-13-15-12-14(7-6-10-17)8-9-16(15)18-2/h8-9,12H,3-5,10-11,13,17H2,1-2H3. The van der Waals surface area contributed by atoms with E-state index in [1.54, 1.807) is 7.11 Å². The molecule has 0 atom stereocenters. The van der Waals surface area contributed by atoms with Gasteiger partial charge in [0.05, 0.1) is 20.3 Å². The Morgan fingerprint density at radius 1 is 1.26 bits per heavy atom. The molecule has 3 heteroatoms. The highest BCUT2D eigenvalue weighted by atomic mass is 16.5. The maximum Gasteiger partial charge on any atom is 0.124 e. The molecule has 2 N–H and O–H groups in total. The van der Waals surface area contributed by atoms with E-state index in [1.807, 2.05) is 18.2 Å². The van der Waals surface area contributed by atoms with Crippen molar-refractivity contribution in [1.82, 2.24) is 0 Å². The third-order valence-corrected chi connectivity index (χ3v) is 2.76. The van der Waals surface area contributed by atoms with Crippen LogP contribution in [0.2, 0.25) is 0 Å². The fourth-order valence-electron chi connectivity index (χ4n) is 1.76. The van der Waals surface area contributed by atoms with Crippen molar-refractivity contribution < 1.29 is 9.47 Å². The smallest absolute Gasteiger partial charge is 0.124 e. The molecular weight excluding hydrogens is 238 g/mol. The molecule has 0 fully saturated rings. The van der Waals surface area contributed by atoms with Crippen molar-refractivity contribution in [3.63, 3.8) is 0 Å². The number of unbranched alkanes of at least 4 members (excludes halogenated alkanes) is 2. The maximum atomic E-state index is 5.67. The Bertz CT molecular complexity index is 432. The van der Waals surface area contributed by atoms with Crippen LogP contribution in [0.1, 0.15) is 37.3 Å².